The summed E-state index contributed by atoms with van der Waals surface area (Å²) in [5.74, 6) is 0. The first-order valence-electron chi connectivity index (χ1n) is 6.45. The molecule has 1 nitrogen and oxygen atoms in total. The number of alkyl halides is 3. The third-order valence-electron chi connectivity index (χ3n) is 3.40. The molecule has 112 valence electrons. The molecular formula is C16H15ClF3N. The van der Waals surface area contributed by atoms with Crippen LogP contribution in [0.4, 0.5) is 18.9 Å². The summed E-state index contributed by atoms with van der Waals surface area (Å²) in [4.78, 5) is 0. The smallest absolute Gasteiger partial charge is 0.380 e. The van der Waals surface area contributed by atoms with Crippen LogP contribution in [0.2, 0.25) is 5.02 Å². The van der Waals surface area contributed by atoms with Crippen molar-refractivity contribution >= 4 is 17.3 Å². The third-order valence-corrected chi connectivity index (χ3v) is 3.71. The lowest BCUT2D eigenvalue weighted by atomic mass is 10.0. The quantitative estimate of drug-likeness (QED) is 0.779. The molecule has 5 heteroatoms. The van der Waals surface area contributed by atoms with Gasteiger partial charge in [-0.1, -0.05) is 29.8 Å². The van der Waals surface area contributed by atoms with E-state index in [-0.39, 0.29) is 5.02 Å². The second-order valence-corrected chi connectivity index (χ2v) is 5.32. The number of anilines is 1. The predicted octanol–water partition coefficient (Wildman–Crippen LogP) is 5.59. The minimum atomic E-state index is -4.38. The fourth-order valence-corrected chi connectivity index (χ4v) is 2.39. The molecule has 2 rings (SSSR count). The molecule has 2 aromatic carbocycles. The second-order valence-electron chi connectivity index (χ2n) is 4.92. The second kappa shape index (κ2) is 5.98. The maximum Gasteiger partial charge on any atom is 0.416 e. The molecule has 0 radical (unpaired) electrons. The van der Waals surface area contributed by atoms with E-state index in [2.05, 4.69) is 5.32 Å². The maximum atomic E-state index is 12.6. The van der Waals surface area contributed by atoms with Crippen LogP contribution in [-0.4, -0.2) is 0 Å². The largest absolute Gasteiger partial charge is 0.416 e. The third kappa shape index (κ3) is 3.70. The van der Waals surface area contributed by atoms with Crippen LogP contribution >= 0.6 is 11.6 Å². The Morgan fingerprint density at radius 3 is 2.19 bits per heavy atom. The normalized spacial score (nSPS) is 11.5. The summed E-state index contributed by atoms with van der Waals surface area (Å²) < 4.78 is 37.7. The van der Waals surface area contributed by atoms with Crippen LogP contribution in [0.5, 0.6) is 0 Å². The van der Waals surface area contributed by atoms with E-state index in [0.717, 1.165) is 28.8 Å². The highest BCUT2D eigenvalue weighted by Crippen LogP contribution is 2.34. The summed E-state index contributed by atoms with van der Waals surface area (Å²) in [7, 11) is 0. The molecule has 0 heterocycles. The number of hydrogen-bond acceptors (Lipinski definition) is 1. The Hall–Kier alpha value is -1.68. The highest BCUT2D eigenvalue weighted by atomic mass is 35.5. The lowest BCUT2D eigenvalue weighted by molar-refractivity contribution is -0.137. The van der Waals surface area contributed by atoms with Gasteiger partial charge in [0.05, 0.1) is 16.3 Å². The van der Waals surface area contributed by atoms with E-state index in [0.29, 0.717) is 12.2 Å². The van der Waals surface area contributed by atoms with E-state index in [1.807, 2.05) is 32.0 Å². The average molecular weight is 314 g/mol. The Morgan fingerprint density at radius 1 is 1.05 bits per heavy atom. The van der Waals surface area contributed by atoms with Crippen molar-refractivity contribution < 1.29 is 13.2 Å². The van der Waals surface area contributed by atoms with Crippen molar-refractivity contribution in [1.29, 1.82) is 0 Å². The molecule has 0 aliphatic heterocycles. The Kier molecular flexibility index (Phi) is 4.47. The van der Waals surface area contributed by atoms with Crippen molar-refractivity contribution in [3.8, 4) is 0 Å². The fourth-order valence-electron chi connectivity index (χ4n) is 2.15. The molecule has 1 N–H and O–H groups in total. The number of rotatable bonds is 3. The number of halogens is 4. The van der Waals surface area contributed by atoms with E-state index < -0.39 is 11.7 Å². The summed E-state index contributed by atoms with van der Waals surface area (Å²) >= 11 is 5.92. The van der Waals surface area contributed by atoms with E-state index in [4.69, 9.17) is 11.6 Å². The zero-order valence-corrected chi connectivity index (χ0v) is 12.4. The van der Waals surface area contributed by atoms with Crippen molar-refractivity contribution in [3.05, 3.63) is 63.7 Å². The predicted molar refractivity (Wildman–Crippen MR) is 79.7 cm³/mol. The zero-order chi connectivity index (χ0) is 15.6. The van der Waals surface area contributed by atoms with Crippen LogP contribution in [0, 0.1) is 13.8 Å². The van der Waals surface area contributed by atoms with Gasteiger partial charge in [-0.25, -0.2) is 0 Å². The van der Waals surface area contributed by atoms with Crippen LogP contribution in [0.15, 0.2) is 36.4 Å². The molecular weight excluding hydrogens is 299 g/mol. The highest BCUT2D eigenvalue weighted by Gasteiger charge is 2.30. The van der Waals surface area contributed by atoms with Crippen LogP contribution in [0.25, 0.3) is 0 Å². The van der Waals surface area contributed by atoms with Gasteiger partial charge in [0.2, 0.25) is 0 Å². The molecule has 0 fully saturated rings. The Balaban J connectivity index is 2.18. The van der Waals surface area contributed by atoms with Gasteiger partial charge in [-0.2, -0.15) is 13.2 Å². The summed E-state index contributed by atoms with van der Waals surface area (Å²) in [5.41, 5.74) is 3.13. The number of nitrogens with one attached hydrogen (secondary N) is 1. The zero-order valence-electron chi connectivity index (χ0n) is 11.7. The summed E-state index contributed by atoms with van der Waals surface area (Å²) in [6.45, 7) is 4.51. The first-order valence-corrected chi connectivity index (χ1v) is 6.82. The van der Waals surface area contributed by atoms with Crippen molar-refractivity contribution in [2.75, 3.05) is 5.32 Å². The van der Waals surface area contributed by atoms with Crippen LogP contribution in [0.1, 0.15) is 22.3 Å². The molecule has 0 amide bonds. The Bertz CT molecular complexity index is 630. The molecule has 0 bridgehead atoms. The minimum absolute atomic E-state index is 0.0658. The van der Waals surface area contributed by atoms with Gasteiger partial charge in [0.25, 0.3) is 0 Å². The maximum absolute atomic E-state index is 12.6. The van der Waals surface area contributed by atoms with Gasteiger partial charge in [0.15, 0.2) is 0 Å². The van der Waals surface area contributed by atoms with Crippen LogP contribution in [-0.2, 0) is 12.7 Å². The van der Waals surface area contributed by atoms with Gasteiger partial charge in [0, 0.05) is 6.54 Å². The SMILES string of the molecule is Cc1cccc(C)c1CNc1ccc(C(F)(F)F)cc1Cl. The van der Waals surface area contributed by atoms with Gasteiger partial charge in [-0.3, -0.25) is 0 Å². The van der Waals surface area contributed by atoms with Crippen molar-refractivity contribution in [2.24, 2.45) is 0 Å². The summed E-state index contributed by atoms with van der Waals surface area (Å²) in [6.07, 6.45) is -4.38. The number of benzene rings is 2. The van der Waals surface area contributed by atoms with Gasteiger partial charge in [-0.05, 0) is 48.7 Å². The first-order chi connectivity index (χ1) is 9.79. The molecule has 0 saturated heterocycles. The summed E-state index contributed by atoms with van der Waals surface area (Å²) in [6, 6.07) is 9.29. The van der Waals surface area contributed by atoms with E-state index in [9.17, 15) is 13.2 Å². The van der Waals surface area contributed by atoms with Crippen molar-refractivity contribution in [2.45, 2.75) is 26.6 Å². The molecule has 0 aromatic heterocycles. The first kappa shape index (κ1) is 15.7. The molecule has 0 spiro atoms. The van der Waals surface area contributed by atoms with Crippen LogP contribution in [0.3, 0.4) is 0 Å². The van der Waals surface area contributed by atoms with Crippen molar-refractivity contribution in [3.63, 3.8) is 0 Å². The standard InChI is InChI=1S/C16H15ClF3N/c1-10-4-3-5-11(2)13(10)9-21-15-7-6-12(8-14(15)17)16(18,19)20/h3-8,21H,9H2,1-2H3. The van der Waals surface area contributed by atoms with E-state index in [1.165, 1.54) is 6.07 Å². The molecule has 2 aromatic rings. The van der Waals surface area contributed by atoms with Crippen LogP contribution < -0.4 is 5.32 Å². The van der Waals surface area contributed by atoms with Gasteiger partial charge < -0.3 is 5.32 Å². The monoisotopic (exact) mass is 313 g/mol. The molecule has 0 aliphatic rings. The topological polar surface area (TPSA) is 12.0 Å². The highest BCUT2D eigenvalue weighted by molar-refractivity contribution is 6.33. The molecule has 0 aliphatic carbocycles. The number of hydrogen-bond donors (Lipinski definition) is 1. The fraction of sp³-hybridized carbons (Fsp3) is 0.250. The lowest BCUT2D eigenvalue weighted by Gasteiger charge is -2.14. The Morgan fingerprint density at radius 2 is 1.67 bits per heavy atom. The Labute approximate surface area is 126 Å². The molecule has 0 unspecified atom stereocenters. The molecule has 0 saturated carbocycles. The molecule has 0 atom stereocenters. The van der Waals surface area contributed by atoms with Gasteiger partial charge in [-0.15, -0.1) is 0 Å². The minimum Gasteiger partial charge on any atom is -0.380 e. The van der Waals surface area contributed by atoms with E-state index in [1.54, 1.807) is 0 Å². The van der Waals surface area contributed by atoms with Gasteiger partial charge >= 0.3 is 6.18 Å². The average Bonchev–Trinajstić information content (AvgIpc) is 2.38. The van der Waals surface area contributed by atoms with Gasteiger partial charge in [0.1, 0.15) is 0 Å². The van der Waals surface area contributed by atoms with Crippen molar-refractivity contribution in [1.82, 2.24) is 0 Å². The number of aryl methyl sites for hydroxylation is 2. The summed E-state index contributed by atoms with van der Waals surface area (Å²) in [5, 5.41) is 3.16. The molecule has 21 heavy (non-hydrogen) atoms. The van der Waals surface area contributed by atoms with E-state index >= 15 is 0 Å². The lowest BCUT2D eigenvalue weighted by Crippen LogP contribution is -2.07.